The fraction of sp³-hybridized carbons (Fsp3) is 0.500. The number of amides is 1. The van der Waals surface area contributed by atoms with Crippen LogP contribution in [-0.4, -0.2) is 39.9 Å². The first-order valence-corrected chi connectivity index (χ1v) is 8.20. The molecule has 2 heterocycles. The van der Waals surface area contributed by atoms with Crippen molar-refractivity contribution < 1.29 is 4.79 Å². The fourth-order valence-electron chi connectivity index (χ4n) is 3.76. The van der Waals surface area contributed by atoms with Crippen LogP contribution in [0.25, 0.3) is 11.0 Å². The Morgan fingerprint density at radius 2 is 2.36 bits per heavy atom. The van der Waals surface area contributed by atoms with E-state index >= 15 is 0 Å². The molecule has 2 N–H and O–H groups in total. The van der Waals surface area contributed by atoms with E-state index in [0.717, 1.165) is 29.3 Å². The second-order valence-electron chi connectivity index (χ2n) is 6.38. The predicted molar refractivity (Wildman–Crippen MR) is 85.7 cm³/mol. The molecule has 6 heteroatoms. The Hall–Kier alpha value is -1.59. The molecular formula is C16H19ClN4O. The zero-order valence-electron chi connectivity index (χ0n) is 12.3. The number of carbonyl (C=O) groups is 1. The molecule has 2 bridgehead atoms. The Kier molecular flexibility index (Phi) is 3.54. The minimum absolute atomic E-state index is 0.0750. The smallest absolute Gasteiger partial charge is 0.234 e. The molecule has 0 spiro atoms. The highest BCUT2D eigenvalue weighted by Gasteiger charge is 2.38. The number of nitrogens with zero attached hydrogens (tertiary/aromatic N) is 2. The van der Waals surface area contributed by atoms with Gasteiger partial charge in [-0.2, -0.15) is 0 Å². The van der Waals surface area contributed by atoms with Crippen LogP contribution in [0.4, 0.5) is 0 Å². The first-order valence-electron chi connectivity index (χ1n) is 7.82. The van der Waals surface area contributed by atoms with Gasteiger partial charge in [0.2, 0.25) is 5.91 Å². The zero-order chi connectivity index (χ0) is 15.1. The summed E-state index contributed by atoms with van der Waals surface area (Å²) in [5, 5.41) is 3.63. The summed E-state index contributed by atoms with van der Waals surface area (Å²) in [6, 6.07) is 6.16. The van der Waals surface area contributed by atoms with Crippen molar-refractivity contribution >= 4 is 28.5 Å². The quantitative estimate of drug-likeness (QED) is 0.909. The third-order valence-corrected chi connectivity index (χ3v) is 5.05. The molecule has 1 saturated heterocycles. The van der Waals surface area contributed by atoms with Crippen LogP contribution in [-0.2, 0) is 11.3 Å². The summed E-state index contributed by atoms with van der Waals surface area (Å²) in [6.45, 7) is 2.02. The molecule has 2 fully saturated rings. The fourth-order valence-corrected chi connectivity index (χ4v) is 3.93. The van der Waals surface area contributed by atoms with Crippen LogP contribution in [0, 0.1) is 5.92 Å². The highest BCUT2D eigenvalue weighted by Crippen LogP contribution is 2.36. The van der Waals surface area contributed by atoms with Crippen LogP contribution in [0.5, 0.6) is 0 Å². The van der Waals surface area contributed by atoms with Crippen LogP contribution < -0.4 is 5.32 Å². The summed E-state index contributed by atoms with van der Waals surface area (Å²) in [5.41, 5.74) is 1.76. The topological polar surface area (TPSA) is 61.0 Å². The maximum absolute atomic E-state index is 12.1. The number of halogens is 1. The SMILES string of the molecule is O=C(CN1C[C@H]2CC[C@@H]1C2)NCc1nc2ccc(Cl)cc2[nH]1. The Morgan fingerprint density at radius 3 is 3.14 bits per heavy atom. The number of aromatic nitrogens is 2. The average molecular weight is 319 g/mol. The number of carbonyl (C=O) groups excluding carboxylic acids is 1. The van der Waals surface area contributed by atoms with E-state index in [9.17, 15) is 4.79 Å². The number of hydrogen-bond donors (Lipinski definition) is 2. The molecule has 1 aromatic heterocycles. The molecule has 2 aromatic rings. The van der Waals surface area contributed by atoms with Crippen molar-refractivity contribution in [3.8, 4) is 0 Å². The van der Waals surface area contributed by atoms with E-state index in [1.54, 1.807) is 0 Å². The monoisotopic (exact) mass is 318 g/mol. The molecule has 1 saturated carbocycles. The van der Waals surface area contributed by atoms with Gasteiger partial charge >= 0.3 is 0 Å². The molecule has 1 aromatic carbocycles. The highest BCUT2D eigenvalue weighted by atomic mass is 35.5. The van der Waals surface area contributed by atoms with E-state index in [2.05, 4.69) is 20.2 Å². The van der Waals surface area contributed by atoms with Crippen molar-refractivity contribution in [2.75, 3.05) is 13.1 Å². The summed E-state index contributed by atoms with van der Waals surface area (Å²) >= 11 is 5.96. The molecule has 22 heavy (non-hydrogen) atoms. The molecule has 2 aliphatic rings. The molecule has 4 rings (SSSR count). The number of nitrogens with one attached hydrogen (secondary N) is 2. The minimum Gasteiger partial charge on any atom is -0.348 e. The molecule has 0 unspecified atom stereocenters. The number of fused-ring (bicyclic) bond motifs is 3. The second kappa shape index (κ2) is 5.56. The molecule has 1 amide bonds. The minimum atomic E-state index is 0.0750. The molecule has 5 nitrogen and oxygen atoms in total. The van der Waals surface area contributed by atoms with Crippen molar-refractivity contribution in [2.45, 2.75) is 31.8 Å². The molecule has 1 aliphatic carbocycles. The van der Waals surface area contributed by atoms with Crippen molar-refractivity contribution in [1.29, 1.82) is 0 Å². The lowest BCUT2D eigenvalue weighted by atomic mass is 10.1. The van der Waals surface area contributed by atoms with Crippen LogP contribution in [0.15, 0.2) is 18.2 Å². The number of benzene rings is 1. The van der Waals surface area contributed by atoms with Gasteiger partial charge in [-0.3, -0.25) is 9.69 Å². The Balaban J connectivity index is 1.34. The number of H-pyrrole nitrogens is 1. The van der Waals surface area contributed by atoms with Gasteiger partial charge in [-0.05, 0) is 43.4 Å². The number of hydrogen-bond acceptors (Lipinski definition) is 3. The third-order valence-electron chi connectivity index (χ3n) is 4.82. The van der Waals surface area contributed by atoms with E-state index < -0.39 is 0 Å². The van der Waals surface area contributed by atoms with E-state index in [4.69, 9.17) is 11.6 Å². The lowest BCUT2D eigenvalue weighted by Gasteiger charge is -2.25. The van der Waals surface area contributed by atoms with Crippen molar-refractivity contribution in [3.05, 3.63) is 29.0 Å². The summed E-state index contributed by atoms with van der Waals surface area (Å²) in [7, 11) is 0. The summed E-state index contributed by atoms with van der Waals surface area (Å²) in [4.78, 5) is 22.1. The number of rotatable bonds is 4. The van der Waals surface area contributed by atoms with Gasteiger partial charge in [0.15, 0.2) is 0 Å². The van der Waals surface area contributed by atoms with Gasteiger partial charge in [-0.15, -0.1) is 0 Å². The Morgan fingerprint density at radius 1 is 1.45 bits per heavy atom. The normalized spacial score (nSPS) is 24.2. The van der Waals surface area contributed by atoms with Gasteiger partial charge in [0.25, 0.3) is 0 Å². The maximum atomic E-state index is 12.1. The van der Waals surface area contributed by atoms with Gasteiger partial charge < -0.3 is 10.3 Å². The summed E-state index contributed by atoms with van der Waals surface area (Å²) in [5.74, 6) is 1.65. The van der Waals surface area contributed by atoms with E-state index in [0.29, 0.717) is 24.2 Å². The van der Waals surface area contributed by atoms with E-state index in [1.807, 2.05) is 18.2 Å². The number of likely N-dealkylation sites (tertiary alicyclic amines) is 1. The molecular weight excluding hydrogens is 300 g/mol. The maximum Gasteiger partial charge on any atom is 0.234 e. The van der Waals surface area contributed by atoms with Crippen molar-refractivity contribution in [2.24, 2.45) is 5.92 Å². The zero-order valence-corrected chi connectivity index (χ0v) is 13.1. The van der Waals surface area contributed by atoms with Crippen molar-refractivity contribution in [1.82, 2.24) is 20.2 Å². The molecule has 1 aliphatic heterocycles. The summed E-state index contributed by atoms with van der Waals surface area (Å²) < 4.78 is 0. The number of aromatic amines is 1. The van der Waals surface area contributed by atoms with Gasteiger partial charge in [-0.25, -0.2) is 4.98 Å². The van der Waals surface area contributed by atoms with Gasteiger partial charge in [0.1, 0.15) is 5.82 Å². The Bertz CT molecular complexity index is 713. The number of piperidine rings is 1. The largest absolute Gasteiger partial charge is 0.348 e. The van der Waals surface area contributed by atoms with Crippen LogP contribution in [0.2, 0.25) is 5.02 Å². The third kappa shape index (κ3) is 2.71. The highest BCUT2D eigenvalue weighted by molar-refractivity contribution is 6.31. The van der Waals surface area contributed by atoms with Gasteiger partial charge in [0, 0.05) is 17.6 Å². The molecule has 2 atom stereocenters. The first-order chi connectivity index (χ1) is 10.7. The number of imidazole rings is 1. The second-order valence-corrected chi connectivity index (χ2v) is 6.82. The summed E-state index contributed by atoms with van der Waals surface area (Å²) in [6.07, 6.45) is 3.87. The lowest BCUT2D eigenvalue weighted by molar-refractivity contribution is -0.122. The first kappa shape index (κ1) is 14.0. The van der Waals surface area contributed by atoms with Crippen LogP contribution in [0.1, 0.15) is 25.1 Å². The van der Waals surface area contributed by atoms with Crippen LogP contribution >= 0.6 is 11.6 Å². The van der Waals surface area contributed by atoms with Gasteiger partial charge in [0.05, 0.1) is 24.1 Å². The van der Waals surface area contributed by atoms with Crippen molar-refractivity contribution in [3.63, 3.8) is 0 Å². The molecule has 116 valence electrons. The van der Waals surface area contributed by atoms with E-state index in [-0.39, 0.29) is 5.91 Å². The molecule has 0 radical (unpaired) electrons. The van der Waals surface area contributed by atoms with Crippen LogP contribution in [0.3, 0.4) is 0 Å². The lowest BCUT2D eigenvalue weighted by Crippen LogP contribution is -2.41. The van der Waals surface area contributed by atoms with E-state index in [1.165, 1.54) is 19.3 Å². The predicted octanol–water partition coefficient (Wildman–Crippen LogP) is 2.32. The van der Waals surface area contributed by atoms with Gasteiger partial charge in [-0.1, -0.05) is 11.6 Å². The Labute approximate surface area is 134 Å². The standard InChI is InChI=1S/C16H19ClN4O/c17-11-2-4-13-14(6-11)20-15(19-13)7-18-16(22)9-21-8-10-1-3-12(21)5-10/h2,4,6,10,12H,1,3,5,7-9H2,(H,18,22)(H,19,20)/t10-,12+/m0/s1. The average Bonchev–Trinajstić information content (AvgIpc) is 3.18.